The SMILES string of the molecule is COCCc1nc2scc(-c3ccccc3)c2c(=O)n1C(C)(C)C(=O)O. The topological polar surface area (TPSA) is 81.4 Å². The summed E-state index contributed by atoms with van der Waals surface area (Å²) in [5, 5.41) is 12.0. The summed E-state index contributed by atoms with van der Waals surface area (Å²) in [6, 6.07) is 9.56. The van der Waals surface area contributed by atoms with Gasteiger partial charge in [0.1, 0.15) is 16.2 Å². The molecule has 3 aromatic rings. The number of carboxylic acid groups (broad SMARTS) is 1. The maximum atomic E-state index is 13.3. The minimum atomic E-state index is -1.42. The minimum Gasteiger partial charge on any atom is -0.480 e. The second-order valence-corrected chi connectivity index (χ2v) is 7.33. The summed E-state index contributed by atoms with van der Waals surface area (Å²) in [7, 11) is 1.56. The van der Waals surface area contributed by atoms with E-state index in [0.29, 0.717) is 29.1 Å². The lowest BCUT2D eigenvalue weighted by Crippen LogP contribution is -2.45. The number of ether oxygens (including phenoxy) is 1. The highest BCUT2D eigenvalue weighted by Crippen LogP contribution is 2.32. The molecule has 0 aliphatic carbocycles. The lowest BCUT2D eigenvalue weighted by atomic mass is 10.0. The van der Waals surface area contributed by atoms with E-state index >= 15 is 0 Å². The van der Waals surface area contributed by atoms with Crippen LogP contribution >= 0.6 is 11.3 Å². The molecule has 0 fully saturated rings. The Balaban J connectivity index is 2.34. The summed E-state index contributed by atoms with van der Waals surface area (Å²) < 4.78 is 6.39. The van der Waals surface area contributed by atoms with Crippen molar-refractivity contribution in [1.29, 1.82) is 0 Å². The van der Waals surface area contributed by atoms with Gasteiger partial charge in [0.2, 0.25) is 0 Å². The molecule has 0 saturated heterocycles. The molecule has 0 aliphatic heterocycles. The van der Waals surface area contributed by atoms with Gasteiger partial charge in [0.15, 0.2) is 0 Å². The van der Waals surface area contributed by atoms with Crippen molar-refractivity contribution in [2.75, 3.05) is 13.7 Å². The van der Waals surface area contributed by atoms with Crippen LogP contribution in [0.3, 0.4) is 0 Å². The monoisotopic (exact) mass is 372 g/mol. The van der Waals surface area contributed by atoms with Crippen LogP contribution in [0.15, 0.2) is 40.5 Å². The van der Waals surface area contributed by atoms with Crippen LogP contribution in [-0.4, -0.2) is 34.3 Å². The lowest BCUT2D eigenvalue weighted by molar-refractivity contribution is -0.146. The third-order valence-electron chi connectivity index (χ3n) is 4.37. The van der Waals surface area contributed by atoms with E-state index in [-0.39, 0.29) is 5.56 Å². The molecule has 0 bridgehead atoms. The van der Waals surface area contributed by atoms with Crippen molar-refractivity contribution in [1.82, 2.24) is 9.55 Å². The van der Waals surface area contributed by atoms with Gasteiger partial charge in [-0.2, -0.15) is 0 Å². The fraction of sp³-hybridized carbons (Fsp3) is 0.316. The van der Waals surface area contributed by atoms with Gasteiger partial charge < -0.3 is 9.84 Å². The number of benzene rings is 1. The average molecular weight is 372 g/mol. The number of hydrogen-bond acceptors (Lipinski definition) is 5. The van der Waals surface area contributed by atoms with Gasteiger partial charge in [-0.25, -0.2) is 9.78 Å². The molecular formula is C19H20N2O4S. The quantitative estimate of drug-likeness (QED) is 0.719. The standard InChI is InChI=1S/C19H20N2O4S/c1-19(2,18(23)24)21-14(9-10-25-3)20-16-15(17(21)22)13(11-26-16)12-7-5-4-6-8-12/h4-8,11H,9-10H2,1-3H3,(H,23,24). The van der Waals surface area contributed by atoms with Gasteiger partial charge in [0, 0.05) is 24.5 Å². The summed E-state index contributed by atoms with van der Waals surface area (Å²) in [6.45, 7) is 3.37. The van der Waals surface area contributed by atoms with E-state index in [4.69, 9.17) is 4.74 Å². The molecule has 136 valence electrons. The highest BCUT2D eigenvalue weighted by atomic mass is 32.1. The molecule has 3 rings (SSSR count). The van der Waals surface area contributed by atoms with Crippen LogP contribution in [0.5, 0.6) is 0 Å². The van der Waals surface area contributed by atoms with Crippen molar-refractivity contribution in [3.05, 3.63) is 51.9 Å². The predicted octanol–water partition coefficient (Wildman–Crippen LogP) is 3.13. The summed E-state index contributed by atoms with van der Waals surface area (Å²) in [5.41, 5.74) is -0.0797. The zero-order valence-corrected chi connectivity index (χ0v) is 15.7. The molecule has 0 aliphatic rings. The number of hydrogen-bond donors (Lipinski definition) is 1. The fourth-order valence-corrected chi connectivity index (χ4v) is 3.85. The number of fused-ring (bicyclic) bond motifs is 1. The molecule has 2 aromatic heterocycles. The van der Waals surface area contributed by atoms with Crippen LogP contribution < -0.4 is 5.56 Å². The van der Waals surface area contributed by atoms with Gasteiger partial charge in [-0.1, -0.05) is 30.3 Å². The molecule has 0 spiro atoms. The number of aromatic nitrogens is 2. The van der Waals surface area contributed by atoms with E-state index in [9.17, 15) is 14.7 Å². The summed E-state index contributed by atoms with van der Waals surface area (Å²) in [6.07, 6.45) is 0.358. The Labute approximate surface area is 154 Å². The summed E-state index contributed by atoms with van der Waals surface area (Å²) in [5.74, 6) is -0.672. The maximum Gasteiger partial charge on any atom is 0.329 e. The third-order valence-corrected chi connectivity index (χ3v) is 5.25. The first-order chi connectivity index (χ1) is 12.4. The van der Waals surface area contributed by atoms with Crippen molar-refractivity contribution >= 4 is 27.5 Å². The van der Waals surface area contributed by atoms with E-state index in [2.05, 4.69) is 4.98 Å². The lowest BCUT2D eigenvalue weighted by Gasteiger charge is -2.25. The van der Waals surface area contributed by atoms with Crippen molar-refractivity contribution < 1.29 is 14.6 Å². The van der Waals surface area contributed by atoms with E-state index in [1.807, 2.05) is 35.7 Å². The molecule has 0 amide bonds. The van der Waals surface area contributed by atoms with Crippen LogP contribution in [-0.2, 0) is 21.5 Å². The number of carboxylic acids is 1. The van der Waals surface area contributed by atoms with E-state index in [1.165, 1.54) is 29.8 Å². The zero-order valence-electron chi connectivity index (χ0n) is 14.9. The van der Waals surface area contributed by atoms with Crippen LogP contribution in [0.1, 0.15) is 19.7 Å². The minimum absolute atomic E-state index is 0.339. The normalized spacial score (nSPS) is 11.8. The van der Waals surface area contributed by atoms with Crippen molar-refractivity contribution in [2.24, 2.45) is 0 Å². The highest BCUT2D eigenvalue weighted by molar-refractivity contribution is 7.17. The number of carbonyl (C=O) groups is 1. The van der Waals surface area contributed by atoms with Crippen molar-refractivity contribution in [3.8, 4) is 11.1 Å². The first kappa shape index (κ1) is 18.3. The van der Waals surface area contributed by atoms with E-state index < -0.39 is 11.5 Å². The van der Waals surface area contributed by atoms with Gasteiger partial charge >= 0.3 is 5.97 Å². The van der Waals surface area contributed by atoms with Crippen molar-refractivity contribution in [2.45, 2.75) is 25.8 Å². The molecule has 0 radical (unpaired) electrons. The maximum absolute atomic E-state index is 13.3. The summed E-state index contributed by atoms with van der Waals surface area (Å²) in [4.78, 5) is 30.4. The fourth-order valence-electron chi connectivity index (χ4n) is 2.90. The van der Waals surface area contributed by atoms with E-state index in [0.717, 1.165) is 11.1 Å². The zero-order chi connectivity index (χ0) is 18.9. The number of thiophene rings is 1. The Hall–Kier alpha value is -2.51. The number of aliphatic carboxylic acids is 1. The number of rotatable bonds is 6. The van der Waals surface area contributed by atoms with Crippen LogP contribution in [0.2, 0.25) is 0 Å². The Morgan fingerprint density at radius 2 is 2.00 bits per heavy atom. The molecule has 7 heteroatoms. The third kappa shape index (κ3) is 3.04. The van der Waals surface area contributed by atoms with Gasteiger partial charge in [0.05, 0.1) is 12.0 Å². The largest absolute Gasteiger partial charge is 0.480 e. The number of nitrogens with zero attached hydrogens (tertiary/aromatic N) is 2. The molecule has 6 nitrogen and oxygen atoms in total. The van der Waals surface area contributed by atoms with Crippen LogP contribution in [0, 0.1) is 0 Å². The molecule has 0 atom stereocenters. The smallest absolute Gasteiger partial charge is 0.329 e. The van der Waals surface area contributed by atoms with Gasteiger partial charge in [-0.15, -0.1) is 11.3 Å². The number of methoxy groups -OCH3 is 1. The van der Waals surface area contributed by atoms with Gasteiger partial charge in [-0.05, 0) is 19.4 Å². The molecule has 26 heavy (non-hydrogen) atoms. The molecule has 1 aromatic carbocycles. The van der Waals surface area contributed by atoms with E-state index in [1.54, 1.807) is 7.11 Å². The molecule has 0 saturated carbocycles. The molecule has 0 unspecified atom stereocenters. The van der Waals surface area contributed by atoms with Gasteiger partial charge in [0.25, 0.3) is 5.56 Å². The van der Waals surface area contributed by atoms with Crippen molar-refractivity contribution in [3.63, 3.8) is 0 Å². The predicted molar refractivity (Wildman–Crippen MR) is 102 cm³/mol. The second kappa shape index (κ2) is 7.01. The second-order valence-electron chi connectivity index (χ2n) is 6.47. The Kier molecular flexibility index (Phi) is 4.93. The Bertz CT molecular complexity index is 1010. The first-order valence-corrected chi connectivity index (χ1v) is 9.07. The van der Waals surface area contributed by atoms with Gasteiger partial charge in [-0.3, -0.25) is 9.36 Å². The Morgan fingerprint density at radius 1 is 1.31 bits per heavy atom. The first-order valence-electron chi connectivity index (χ1n) is 8.19. The molecule has 2 heterocycles. The molecular weight excluding hydrogens is 352 g/mol. The van der Waals surface area contributed by atoms with Crippen LogP contribution in [0.4, 0.5) is 0 Å². The van der Waals surface area contributed by atoms with Crippen LogP contribution in [0.25, 0.3) is 21.3 Å². The molecule has 1 N–H and O–H groups in total. The highest BCUT2D eigenvalue weighted by Gasteiger charge is 2.34. The average Bonchev–Trinajstić information content (AvgIpc) is 3.04. The Morgan fingerprint density at radius 3 is 2.62 bits per heavy atom. The summed E-state index contributed by atoms with van der Waals surface area (Å²) >= 11 is 1.39.